The first-order chi connectivity index (χ1) is 16.6. The van der Waals surface area contributed by atoms with Gasteiger partial charge in [0.25, 0.3) is 15.9 Å². The number of hydrogen-bond donors (Lipinski definition) is 2. The number of carbonyl (C=O) groups excluding carboxylic acids is 2. The van der Waals surface area contributed by atoms with E-state index in [2.05, 4.69) is 9.97 Å². The molecule has 3 N–H and O–H groups in total. The van der Waals surface area contributed by atoms with Gasteiger partial charge in [-0.05, 0) is 44.5 Å². The second-order valence-electron chi connectivity index (χ2n) is 7.61. The molecule has 0 spiro atoms. The highest BCUT2D eigenvalue weighted by molar-refractivity contribution is 7.92. The number of esters is 1. The predicted octanol–water partition coefficient (Wildman–Crippen LogP) is 3.45. The van der Waals surface area contributed by atoms with Gasteiger partial charge in [0.05, 0.1) is 12.2 Å². The lowest BCUT2D eigenvalue weighted by molar-refractivity contribution is 0.0526. The normalized spacial score (nSPS) is 12.7. The van der Waals surface area contributed by atoms with Crippen LogP contribution in [0.3, 0.4) is 0 Å². The van der Waals surface area contributed by atoms with Crippen LogP contribution in [0.2, 0.25) is 5.02 Å². The lowest BCUT2D eigenvalue weighted by atomic mass is 10.1. The minimum atomic E-state index is -3.96. The molecule has 3 rings (SSSR count). The van der Waals surface area contributed by atoms with Gasteiger partial charge in [0.2, 0.25) is 0 Å². The Morgan fingerprint density at radius 3 is 2.63 bits per heavy atom. The van der Waals surface area contributed by atoms with Crippen LogP contribution in [0.1, 0.15) is 65.1 Å². The molecule has 1 amide bonds. The van der Waals surface area contributed by atoms with Crippen molar-refractivity contribution < 1.29 is 22.7 Å². The number of carbonyl (C=O) groups is 2. The maximum Gasteiger partial charge on any atom is 0.338 e. The number of hydrogen-bond acceptors (Lipinski definition) is 8. The van der Waals surface area contributed by atoms with Gasteiger partial charge in [-0.15, -0.1) is 0 Å². The molecule has 0 saturated carbocycles. The quantitative estimate of drug-likeness (QED) is 0.408. The lowest BCUT2D eigenvalue weighted by Crippen LogP contribution is -2.29. The van der Waals surface area contributed by atoms with E-state index < -0.39 is 28.1 Å². The van der Waals surface area contributed by atoms with E-state index in [0.29, 0.717) is 23.3 Å². The Kier molecular flexibility index (Phi) is 8.26. The molecule has 1 aromatic carbocycles. The number of ether oxygens (including phenoxy) is 1. The van der Waals surface area contributed by atoms with Crippen LogP contribution in [0.4, 0.5) is 0 Å². The third kappa shape index (κ3) is 6.05. The maximum absolute atomic E-state index is 12.6. The number of aromatic nitrogens is 3. The monoisotopic (exact) mass is 519 g/mol. The van der Waals surface area contributed by atoms with Gasteiger partial charge in [0.15, 0.2) is 5.65 Å². The molecule has 0 bridgehead atoms. The van der Waals surface area contributed by atoms with Gasteiger partial charge < -0.3 is 10.5 Å². The number of benzene rings is 1. The van der Waals surface area contributed by atoms with Crippen molar-refractivity contribution in [3.8, 4) is 0 Å². The fourth-order valence-corrected chi connectivity index (χ4v) is 4.48. The van der Waals surface area contributed by atoms with Crippen LogP contribution in [-0.2, 0) is 14.8 Å². The van der Waals surface area contributed by atoms with E-state index in [1.807, 2.05) is 11.6 Å². The molecular weight excluding hydrogens is 494 g/mol. The van der Waals surface area contributed by atoms with Crippen molar-refractivity contribution in [3.63, 3.8) is 0 Å². The van der Waals surface area contributed by atoms with Gasteiger partial charge in [-0.1, -0.05) is 37.1 Å². The lowest BCUT2D eigenvalue weighted by Gasteiger charge is -2.18. The summed E-state index contributed by atoms with van der Waals surface area (Å²) in [5, 5.41) is 1.20. The number of unbranched alkanes of at least 4 members (excludes halogenated alkanes) is 1. The Morgan fingerprint density at radius 2 is 1.97 bits per heavy atom. The van der Waals surface area contributed by atoms with Crippen LogP contribution >= 0.6 is 11.6 Å². The molecule has 186 valence electrons. The van der Waals surface area contributed by atoms with Gasteiger partial charge in [-0.2, -0.15) is 0 Å². The number of rotatable bonds is 9. The number of nitrogens with zero attached hydrogens (tertiary/aromatic N) is 3. The fourth-order valence-electron chi connectivity index (χ4n) is 3.37. The third-order valence-corrected chi connectivity index (χ3v) is 6.37. The topological polar surface area (TPSA) is 146 Å². The Balaban J connectivity index is 1.95. The summed E-state index contributed by atoms with van der Waals surface area (Å²) in [6, 6.07) is 7.56. The second kappa shape index (κ2) is 11.0. The first-order valence-corrected chi connectivity index (χ1v) is 12.8. The smallest absolute Gasteiger partial charge is 0.338 e. The zero-order valence-corrected chi connectivity index (χ0v) is 21.1. The van der Waals surface area contributed by atoms with Crippen molar-refractivity contribution in [2.45, 2.75) is 39.8 Å². The van der Waals surface area contributed by atoms with E-state index in [4.69, 9.17) is 22.1 Å². The molecule has 3 aromatic rings. The van der Waals surface area contributed by atoms with Gasteiger partial charge in [0, 0.05) is 16.0 Å². The van der Waals surface area contributed by atoms with Crippen LogP contribution in [0.5, 0.6) is 0 Å². The number of aryl methyl sites for hydroxylation is 1. The highest BCUT2D eigenvalue weighted by atomic mass is 35.5. The Bertz CT molecular complexity index is 1400. The van der Waals surface area contributed by atoms with E-state index in [0.717, 1.165) is 11.8 Å². The zero-order chi connectivity index (χ0) is 25.8. The number of nitrogens with one attached hydrogen (secondary N) is 1. The molecule has 0 aliphatic carbocycles. The van der Waals surface area contributed by atoms with Crippen molar-refractivity contribution in [2.75, 3.05) is 6.61 Å². The van der Waals surface area contributed by atoms with E-state index >= 15 is 0 Å². The predicted molar refractivity (Wildman–Crippen MR) is 132 cm³/mol. The van der Waals surface area contributed by atoms with E-state index in [9.17, 15) is 18.0 Å². The van der Waals surface area contributed by atoms with Gasteiger partial charge in [-0.3, -0.25) is 9.36 Å². The Morgan fingerprint density at radius 1 is 1.23 bits per heavy atom. The van der Waals surface area contributed by atoms with Crippen molar-refractivity contribution >= 4 is 44.7 Å². The largest absolute Gasteiger partial charge is 0.462 e. The van der Waals surface area contributed by atoms with Crippen LogP contribution in [0.25, 0.3) is 11.2 Å². The minimum Gasteiger partial charge on any atom is -0.462 e. The second-order valence-corrected chi connectivity index (χ2v) is 9.58. The molecule has 10 nitrogen and oxygen atoms in total. The summed E-state index contributed by atoms with van der Waals surface area (Å²) in [5.41, 5.74) is 7.86. The first kappa shape index (κ1) is 26.3. The number of nitrogens with two attached hydrogens (primary N) is 1. The summed E-state index contributed by atoms with van der Waals surface area (Å²) < 4.78 is 32.8. The molecule has 1 atom stereocenters. The number of allylic oxidation sites excluding steroid dienone is 1. The fraction of sp³-hybridized carbons (Fsp3) is 0.304. The van der Waals surface area contributed by atoms with Crippen LogP contribution < -0.4 is 10.5 Å². The summed E-state index contributed by atoms with van der Waals surface area (Å²) >= 11 is 6.42. The first-order valence-electron chi connectivity index (χ1n) is 10.9. The summed E-state index contributed by atoms with van der Waals surface area (Å²) in [5.74, 6) is -0.891. The molecule has 0 radical (unpaired) electrons. The average Bonchev–Trinajstić information content (AvgIpc) is 3.13. The van der Waals surface area contributed by atoms with Crippen LogP contribution in [0.15, 0.2) is 41.8 Å². The maximum atomic E-state index is 12.6. The third-order valence-electron chi connectivity index (χ3n) is 5.02. The SMILES string of the molecule is CCC/C=C/S(=O)(=O)NC(=O)c1ccc2nc(C)n(C(N)c3ccc(C(=O)OCC)cc3Cl)c2n1. The van der Waals surface area contributed by atoms with E-state index in [1.165, 1.54) is 18.2 Å². The summed E-state index contributed by atoms with van der Waals surface area (Å²) in [6.07, 6.45) is 1.96. The number of amides is 1. The molecule has 2 heterocycles. The standard InChI is InChI=1S/C23H26ClN5O5S/c1-4-6-7-12-35(32,33)28-22(30)19-11-10-18-21(27-19)29(14(3)26-18)20(25)16-9-8-15(13-17(16)24)23(31)34-5-2/h7-13,20H,4-6,25H2,1-3H3,(H,28,30)/b12-7+. The van der Waals surface area contributed by atoms with Gasteiger partial charge in [-0.25, -0.2) is 27.9 Å². The molecule has 0 aliphatic rings. The number of halogens is 1. The molecule has 12 heteroatoms. The summed E-state index contributed by atoms with van der Waals surface area (Å²) in [7, 11) is -3.96. The summed E-state index contributed by atoms with van der Waals surface area (Å²) in [6.45, 7) is 5.56. The van der Waals surface area contributed by atoms with E-state index in [-0.39, 0.29) is 28.5 Å². The molecule has 0 fully saturated rings. The molecule has 1 unspecified atom stereocenters. The molecule has 0 saturated heterocycles. The number of sulfonamides is 1. The van der Waals surface area contributed by atoms with Crippen LogP contribution in [-0.4, -0.2) is 41.4 Å². The van der Waals surface area contributed by atoms with Gasteiger partial charge in [0.1, 0.15) is 23.2 Å². The molecule has 2 aromatic heterocycles. The number of imidazole rings is 1. The molecule has 0 aliphatic heterocycles. The average molecular weight is 520 g/mol. The Labute approximate surface area is 208 Å². The van der Waals surface area contributed by atoms with Crippen LogP contribution in [0, 0.1) is 6.92 Å². The van der Waals surface area contributed by atoms with Gasteiger partial charge >= 0.3 is 5.97 Å². The van der Waals surface area contributed by atoms with Crippen molar-refractivity contribution in [1.82, 2.24) is 19.3 Å². The van der Waals surface area contributed by atoms with Crippen molar-refractivity contribution in [1.29, 1.82) is 0 Å². The zero-order valence-electron chi connectivity index (χ0n) is 19.5. The van der Waals surface area contributed by atoms with Crippen molar-refractivity contribution in [3.05, 3.63) is 69.5 Å². The number of pyridine rings is 1. The molecule has 35 heavy (non-hydrogen) atoms. The van der Waals surface area contributed by atoms with Crippen molar-refractivity contribution in [2.24, 2.45) is 5.73 Å². The summed E-state index contributed by atoms with van der Waals surface area (Å²) in [4.78, 5) is 33.3. The highest BCUT2D eigenvalue weighted by Gasteiger charge is 2.22. The number of fused-ring (bicyclic) bond motifs is 1. The molecular formula is C23H26ClN5O5S. The minimum absolute atomic E-state index is 0.123. The van der Waals surface area contributed by atoms with E-state index in [1.54, 1.807) is 36.6 Å². The Hall–Kier alpha value is -3.28. The highest BCUT2D eigenvalue weighted by Crippen LogP contribution is 2.28.